The number of nitrogens with zero attached hydrogens (tertiary/aromatic N) is 1. The van der Waals surface area contributed by atoms with Crippen molar-refractivity contribution < 1.29 is 49.4 Å². The molecule has 1 unspecified atom stereocenters. The number of carboxylic acids is 1. The summed E-state index contributed by atoms with van der Waals surface area (Å²) in [5.74, 6) is -1.29. The Hall–Kier alpha value is -1.66. The van der Waals surface area contributed by atoms with Gasteiger partial charge in [0.15, 0.2) is 0 Å². The molecule has 0 aromatic heterocycles. The van der Waals surface area contributed by atoms with Gasteiger partial charge in [-0.2, -0.15) is 0 Å². The van der Waals surface area contributed by atoms with Gasteiger partial charge in [0, 0.05) is 12.9 Å². The molecule has 3 rings (SSSR count). The van der Waals surface area contributed by atoms with Gasteiger partial charge < -0.3 is 15.0 Å². The van der Waals surface area contributed by atoms with Gasteiger partial charge in [-0.05, 0) is 54.5 Å². The Morgan fingerprint density at radius 2 is 1.77 bits per heavy atom. The fourth-order valence-electron chi connectivity index (χ4n) is 3.31. The number of carboxylic acid groups (broad SMARTS) is 1. The van der Waals surface area contributed by atoms with E-state index in [-0.39, 0.29) is 48.3 Å². The molecule has 0 saturated heterocycles. The molecule has 0 spiro atoms. The number of carbonyl (C=O) groups is 2. The van der Waals surface area contributed by atoms with Crippen LogP contribution >= 0.6 is 0 Å². The number of amides is 1. The van der Waals surface area contributed by atoms with E-state index in [2.05, 4.69) is 0 Å². The number of aryl methyl sites for hydroxylation is 2. The molecule has 6 heteroatoms. The molecule has 1 aliphatic heterocycles. The van der Waals surface area contributed by atoms with Gasteiger partial charge in [-0.3, -0.25) is 9.69 Å². The molecule has 0 radical (unpaired) electrons. The third kappa shape index (κ3) is 4.35. The molecule has 130 valence electrons. The summed E-state index contributed by atoms with van der Waals surface area (Å²) in [5.41, 5.74) is 4.35. The Morgan fingerprint density at radius 1 is 1.12 bits per heavy atom. The topological polar surface area (TPSA) is 80.7 Å². The van der Waals surface area contributed by atoms with Gasteiger partial charge in [-0.15, -0.1) is 0 Å². The van der Waals surface area contributed by atoms with E-state index in [1.165, 1.54) is 6.92 Å². The first-order valence-electron chi connectivity index (χ1n) is 8.36. The molecule has 2 aromatic rings. The number of para-hydroxylation sites is 1. The fourth-order valence-corrected chi connectivity index (χ4v) is 3.31. The Morgan fingerprint density at radius 3 is 2.42 bits per heavy atom. The predicted octanol–water partition coefficient (Wildman–Crippen LogP) is -0.963. The Balaban J connectivity index is 0.00000243. The van der Waals surface area contributed by atoms with Crippen LogP contribution in [0.5, 0.6) is 0 Å². The van der Waals surface area contributed by atoms with E-state index >= 15 is 0 Å². The van der Waals surface area contributed by atoms with Crippen molar-refractivity contribution in [1.82, 2.24) is 0 Å². The second kappa shape index (κ2) is 8.82. The van der Waals surface area contributed by atoms with Crippen LogP contribution in [0.15, 0.2) is 42.5 Å². The Bertz CT molecular complexity index is 821. The standard InChI is InChI=1S/C20H21NO4.Na/c1-13(22)21-17-5-3-2-4-14(17)6-7-15-8-9-16(12-18(15)21)19(23)10-11-20(24)25;/h2-5,8-9,12,19,23H,6-7,10-11H2,1H3,(H,24,25);/q;+1/p-1. The minimum absolute atomic E-state index is 0. The van der Waals surface area contributed by atoms with E-state index in [1.807, 2.05) is 30.3 Å². The fraction of sp³-hybridized carbons (Fsp3) is 0.300. The molecule has 0 saturated carbocycles. The van der Waals surface area contributed by atoms with E-state index in [9.17, 15) is 19.8 Å². The first-order valence-corrected chi connectivity index (χ1v) is 8.36. The molecule has 1 heterocycles. The summed E-state index contributed by atoms with van der Waals surface area (Å²) in [6.45, 7) is 1.52. The minimum Gasteiger partial charge on any atom is -0.550 e. The van der Waals surface area contributed by atoms with Crippen molar-refractivity contribution >= 4 is 23.3 Å². The van der Waals surface area contributed by atoms with Gasteiger partial charge in [-0.1, -0.05) is 30.3 Å². The number of rotatable bonds is 4. The zero-order valence-electron chi connectivity index (χ0n) is 15.1. The van der Waals surface area contributed by atoms with E-state index in [1.54, 1.807) is 17.0 Å². The normalized spacial score (nSPS) is 13.7. The van der Waals surface area contributed by atoms with E-state index < -0.39 is 12.1 Å². The van der Waals surface area contributed by atoms with Gasteiger partial charge in [-0.25, -0.2) is 0 Å². The quantitative estimate of drug-likeness (QED) is 0.711. The predicted molar refractivity (Wildman–Crippen MR) is 92.3 cm³/mol. The van der Waals surface area contributed by atoms with Crippen LogP contribution in [0.2, 0.25) is 0 Å². The maximum Gasteiger partial charge on any atom is 1.00 e. The number of fused-ring (bicyclic) bond motifs is 2. The van der Waals surface area contributed by atoms with E-state index in [4.69, 9.17) is 0 Å². The van der Waals surface area contributed by atoms with Crippen LogP contribution in [0, 0.1) is 0 Å². The van der Waals surface area contributed by atoms with Crippen molar-refractivity contribution in [2.75, 3.05) is 4.90 Å². The number of hydrogen-bond donors (Lipinski definition) is 1. The molecule has 1 amide bonds. The van der Waals surface area contributed by atoms with Crippen LogP contribution in [-0.4, -0.2) is 17.0 Å². The number of aliphatic hydroxyl groups excluding tert-OH is 1. The summed E-state index contributed by atoms with van der Waals surface area (Å²) >= 11 is 0. The van der Waals surface area contributed by atoms with Gasteiger partial charge in [0.2, 0.25) is 5.91 Å². The van der Waals surface area contributed by atoms with Crippen molar-refractivity contribution in [2.45, 2.75) is 38.7 Å². The average molecular weight is 361 g/mol. The van der Waals surface area contributed by atoms with Crippen LogP contribution in [0.4, 0.5) is 11.4 Å². The monoisotopic (exact) mass is 361 g/mol. The molecule has 26 heavy (non-hydrogen) atoms. The second-order valence-corrected chi connectivity index (χ2v) is 6.30. The molecule has 1 atom stereocenters. The van der Waals surface area contributed by atoms with Gasteiger partial charge in [0.05, 0.1) is 17.5 Å². The zero-order valence-corrected chi connectivity index (χ0v) is 17.1. The summed E-state index contributed by atoms with van der Waals surface area (Å²) in [6.07, 6.45) is 0.593. The third-order valence-electron chi connectivity index (χ3n) is 4.57. The number of carbonyl (C=O) groups excluding carboxylic acids is 2. The summed E-state index contributed by atoms with van der Waals surface area (Å²) in [7, 11) is 0. The first-order chi connectivity index (χ1) is 12.0. The molecule has 0 fully saturated rings. The summed E-state index contributed by atoms with van der Waals surface area (Å²) in [5, 5.41) is 20.9. The maximum atomic E-state index is 12.4. The van der Waals surface area contributed by atoms with Crippen LogP contribution in [-0.2, 0) is 22.4 Å². The SMILES string of the molecule is CC(=O)N1c2ccccc2CCc2ccc(C(O)CCC(=O)[O-])cc21.[Na+]. The summed E-state index contributed by atoms with van der Waals surface area (Å²) in [4.78, 5) is 24.6. The third-order valence-corrected chi connectivity index (χ3v) is 4.57. The molecule has 0 bridgehead atoms. The van der Waals surface area contributed by atoms with Gasteiger partial charge >= 0.3 is 29.6 Å². The van der Waals surface area contributed by atoms with Crippen LogP contribution < -0.4 is 39.6 Å². The Labute approximate surface area is 174 Å². The van der Waals surface area contributed by atoms with Crippen molar-refractivity contribution in [1.29, 1.82) is 0 Å². The van der Waals surface area contributed by atoms with Crippen LogP contribution in [0.3, 0.4) is 0 Å². The number of aliphatic carboxylic acids is 1. The number of hydrogen-bond acceptors (Lipinski definition) is 4. The van der Waals surface area contributed by atoms with Crippen LogP contribution in [0.1, 0.15) is 42.6 Å². The van der Waals surface area contributed by atoms with Crippen LogP contribution in [0.25, 0.3) is 0 Å². The first kappa shape index (κ1) is 20.6. The van der Waals surface area contributed by atoms with E-state index in [0.717, 1.165) is 35.3 Å². The van der Waals surface area contributed by atoms with E-state index in [0.29, 0.717) is 5.56 Å². The van der Waals surface area contributed by atoms with Gasteiger partial charge in [0.1, 0.15) is 0 Å². The molecule has 1 aliphatic rings. The van der Waals surface area contributed by atoms with Crippen molar-refractivity contribution in [3.05, 3.63) is 59.2 Å². The molecule has 1 N–H and O–H groups in total. The largest absolute Gasteiger partial charge is 1.00 e. The molecule has 2 aromatic carbocycles. The molecular weight excluding hydrogens is 341 g/mol. The maximum absolute atomic E-state index is 12.4. The van der Waals surface area contributed by atoms with Gasteiger partial charge in [0.25, 0.3) is 0 Å². The summed E-state index contributed by atoms with van der Waals surface area (Å²) in [6, 6.07) is 13.3. The number of aliphatic hydroxyl groups is 1. The minimum atomic E-state index is -1.19. The smallest absolute Gasteiger partial charge is 0.550 e. The molecule has 0 aliphatic carbocycles. The van der Waals surface area contributed by atoms with Crippen molar-refractivity contribution in [3.63, 3.8) is 0 Å². The molecule has 5 nitrogen and oxygen atoms in total. The Kier molecular flexibility index (Phi) is 7.01. The number of benzene rings is 2. The van der Waals surface area contributed by atoms with Crippen molar-refractivity contribution in [3.8, 4) is 0 Å². The second-order valence-electron chi connectivity index (χ2n) is 6.30. The van der Waals surface area contributed by atoms with Crippen molar-refractivity contribution in [2.24, 2.45) is 0 Å². The average Bonchev–Trinajstić information content (AvgIpc) is 2.75. The summed E-state index contributed by atoms with van der Waals surface area (Å²) < 4.78 is 0. The number of anilines is 2. The zero-order chi connectivity index (χ0) is 18.0. The molecular formula is C20H20NNaO4.